The number of benzene rings is 1. The maximum absolute atomic E-state index is 5.81. The van der Waals surface area contributed by atoms with E-state index in [1.165, 1.54) is 0 Å². The van der Waals surface area contributed by atoms with Gasteiger partial charge >= 0.3 is 0 Å². The summed E-state index contributed by atoms with van der Waals surface area (Å²) in [6.07, 6.45) is 3.57. The fourth-order valence-electron chi connectivity index (χ4n) is 2.04. The number of furan rings is 1. The summed E-state index contributed by atoms with van der Waals surface area (Å²) in [6.45, 7) is 2.69. The monoisotopic (exact) mass is 215 g/mol. The SMILES string of the molecule is C[C@@H](N)Cn1ncc2ccc3occc3c21. The molecular weight excluding hydrogens is 202 g/mol. The predicted octanol–water partition coefficient (Wildman–Crippen LogP) is 2.13. The molecule has 0 amide bonds. The first-order chi connectivity index (χ1) is 7.75. The van der Waals surface area contributed by atoms with Crippen molar-refractivity contribution in [2.24, 2.45) is 5.73 Å². The molecule has 4 nitrogen and oxygen atoms in total. The van der Waals surface area contributed by atoms with Gasteiger partial charge in [-0.15, -0.1) is 0 Å². The largest absolute Gasteiger partial charge is 0.464 e. The zero-order valence-corrected chi connectivity index (χ0v) is 9.05. The Hall–Kier alpha value is -1.81. The fourth-order valence-corrected chi connectivity index (χ4v) is 2.04. The summed E-state index contributed by atoms with van der Waals surface area (Å²) in [6, 6.07) is 6.04. The zero-order chi connectivity index (χ0) is 11.1. The summed E-state index contributed by atoms with van der Waals surface area (Å²) in [7, 11) is 0. The third-order valence-corrected chi connectivity index (χ3v) is 2.69. The van der Waals surface area contributed by atoms with Gasteiger partial charge in [-0.1, -0.05) is 0 Å². The summed E-state index contributed by atoms with van der Waals surface area (Å²) in [5, 5.41) is 6.57. The average molecular weight is 215 g/mol. The van der Waals surface area contributed by atoms with Crippen molar-refractivity contribution in [3.05, 3.63) is 30.7 Å². The van der Waals surface area contributed by atoms with Gasteiger partial charge in [-0.05, 0) is 25.1 Å². The fraction of sp³-hybridized carbons (Fsp3) is 0.250. The van der Waals surface area contributed by atoms with Crippen molar-refractivity contribution in [3.63, 3.8) is 0 Å². The second-order valence-corrected chi connectivity index (χ2v) is 4.14. The van der Waals surface area contributed by atoms with Gasteiger partial charge in [0.05, 0.1) is 24.5 Å². The molecular formula is C12H13N3O. The topological polar surface area (TPSA) is 57.0 Å². The molecule has 82 valence electrons. The summed E-state index contributed by atoms with van der Waals surface area (Å²) in [5.74, 6) is 0. The molecule has 0 radical (unpaired) electrons. The van der Waals surface area contributed by atoms with E-state index in [1.54, 1.807) is 6.26 Å². The molecule has 0 spiro atoms. The van der Waals surface area contributed by atoms with Gasteiger partial charge in [-0.25, -0.2) is 0 Å². The minimum absolute atomic E-state index is 0.0882. The van der Waals surface area contributed by atoms with Crippen molar-refractivity contribution in [3.8, 4) is 0 Å². The second kappa shape index (κ2) is 3.35. The van der Waals surface area contributed by atoms with Gasteiger partial charge < -0.3 is 10.2 Å². The maximum atomic E-state index is 5.81. The Morgan fingerprint density at radius 2 is 2.31 bits per heavy atom. The van der Waals surface area contributed by atoms with E-state index in [4.69, 9.17) is 10.2 Å². The first-order valence-corrected chi connectivity index (χ1v) is 5.33. The molecule has 0 aliphatic carbocycles. The number of nitrogens with two attached hydrogens (primary N) is 1. The number of rotatable bonds is 2. The van der Waals surface area contributed by atoms with Crippen LogP contribution in [0.15, 0.2) is 35.1 Å². The van der Waals surface area contributed by atoms with Gasteiger partial charge in [0.25, 0.3) is 0 Å². The van der Waals surface area contributed by atoms with E-state index >= 15 is 0 Å². The van der Waals surface area contributed by atoms with Crippen LogP contribution >= 0.6 is 0 Å². The summed E-state index contributed by atoms with van der Waals surface area (Å²) in [5.41, 5.74) is 7.80. The molecule has 3 rings (SSSR count). The molecule has 4 heteroatoms. The van der Waals surface area contributed by atoms with E-state index < -0.39 is 0 Å². The third kappa shape index (κ3) is 1.31. The first kappa shape index (κ1) is 9.42. The lowest BCUT2D eigenvalue weighted by Crippen LogP contribution is -2.22. The summed E-state index contributed by atoms with van der Waals surface area (Å²) in [4.78, 5) is 0. The molecule has 16 heavy (non-hydrogen) atoms. The van der Waals surface area contributed by atoms with Crippen LogP contribution in [0.4, 0.5) is 0 Å². The van der Waals surface area contributed by atoms with Gasteiger partial charge in [-0.2, -0.15) is 5.10 Å². The highest BCUT2D eigenvalue weighted by molar-refractivity contribution is 6.03. The molecule has 0 saturated heterocycles. The number of nitrogens with zero attached hydrogens (tertiary/aromatic N) is 2. The van der Waals surface area contributed by atoms with Crippen LogP contribution in [0.3, 0.4) is 0 Å². The first-order valence-electron chi connectivity index (χ1n) is 5.33. The van der Waals surface area contributed by atoms with E-state index in [1.807, 2.05) is 36.0 Å². The summed E-state index contributed by atoms with van der Waals surface area (Å²) >= 11 is 0. The Balaban J connectivity index is 2.32. The third-order valence-electron chi connectivity index (χ3n) is 2.69. The zero-order valence-electron chi connectivity index (χ0n) is 9.05. The minimum atomic E-state index is 0.0882. The van der Waals surface area contributed by atoms with Crippen molar-refractivity contribution < 1.29 is 4.42 Å². The smallest absolute Gasteiger partial charge is 0.136 e. The van der Waals surface area contributed by atoms with Gasteiger partial charge in [0.1, 0.15) is 5.58 Å². The van der Waals surface area contributed by atoms with Crippen molar-refractivity contribution in [1.82, 2.24) is 9.78 Å². The van der Waals surface area contributed by atoms with Crippen LogP contribution in [0.2, 0.25) is 0 Å². The lowest BCUT2D eigenvalue weighted by atomic mass is 10.2. The van der Waals surface area contributed by atoms with Crippen LogP contribution in [-0.2, 0) is 6.54 Å². The van der Waals surface area contributed by atoms with Crippen LogP contribution < -0.4 is 5.73 Å². The Labute approximate surface area is 92.6 Å². The van der Waals surface area contributed by atoms with E-state index in [0.717, 1.165) is 21.9 Å². The Morgan fingerprint density at radius 3 is 3.12 bits per heavy atom. The normalized spacial score (nSPS) is 13.6. The van der Waals surface area contributed by atoms with Crippen molar-refractivity contribution in [2.75, 3.05) is 0 Å². The number of aromatic nitrogens is 2. The second-order valence-electron chi connectivity index (χ2n) is 4.14. The number of hydrogen-bond donors (Lipinski definition) is 1. The number of fused-ring (bicyclic) bond motifs is 3. The summed E-state index contributed by atoms with van der Waals surface area (Å²) < 4.78 is 7.33. The van der Waals surface area contributed by atoms with Crippen LogP contribution in [0.1, 0.15) is 6.92 Å². The van der Waals surface area contributed by atoms with Crippen LogP contribution in [-0.4, -0.2) is 15.8 Å². The molecule has 2 aromatic heterocycles. The Kier molecular flexibility index (Phi) is 1.97. The molecule has 2 N–H and O–H groups in total. The molecule has 2 heterocycles. The molecule has 0 fully saturated rings. The van der Waals surface area contributed by atoms with Gasteiger partial charge in [0.2, 0.25) is 0 Å². The lowest BCUT2D eigenvalue weighted by Gasteiger charge is -2.06. The molecule has 0 aliphatic rings. The van der Waals surface area contributed by atoms with E-state index in [2.05, 4.69) is 5.10 Å². The van der Waals surface area contributed by atoms with Gasteiger partial charge in [-0.3, -0.25) is 4.68 Å². The molecule has 0 saturated carbocycles. The maximum Gasteiger partial charge on any atom is 0.136 e. The molecule has 0 bridgehead atoms. The molecule has 3 aromatic rings. The minimum Gasteiger partial charge on any atom is -0.464 e. The van der Waals surface area contributed by atoms with Crippen molar-refractivity contribution in [2.45, 2.75) is 19.5 Å². The van der Waals surface area contributed by atoms with Gasteiger partial charge in [0.15, 0.2) is 0 Å². The van der Waals surface area contributed by atoms with Gasteiger partial charge in [0, 0.05) is 16.8 Å². The molecule has 0 unspecified atom stereocenters. The number of hydrogen-bond acceptors (Lipinski definition) is 3. The highest BCUT2D eigenvalue weighted by atomic mass is 16.3. The van der Waals surface area contributed by atoms with Crippen LogP contribution in [0, 0.1) is 0 Å². The molecule has 1 atom stereocenters. The highest BCUT2D eigenvalue weighted by Gasteiger charge is 2.09. The van der Waals surface area contributed by atoms with Crippen LogP contribution in [0.5, 0.6) is 0 Å². The lowest BCUT2D eigenvalue weighted by molar-refractivity contribution is 0.554. The highest BCUT2D eigenvalue weighted by Crippen LogP contribution is 2.25. The van der Waals surface area contributed by atoms with E-state index in [-0.39, 0.29) is 6.04 Å². The quantitative estimate of drug-likeness (QED) is 0.712. The average Bonchev–Trinajstić information content (AvgIpc) is 2.82. The van der Waals surface area contributed by atoms with E-state index in [0.29, 0.717) is 6.54 Å². The Morgan fingerprint density at radius 1 is 1.44 bits per heavy atom. The molecule has 0 aliphatic heterocycles. The van der Waals surface area contributed by atoms with Crippen molar-refractivity contribution in [1.29, 1.82) is 0 Å². The van der Waals surface area contributed by atoms with E-state index in [9.17, 15) is 0 Å². The molecule has 1 aromatic carbocycles. The van der Waals surface area contributed by atoms with Crippen molar-refractivity contribution >= 4 is 21.9 Å². The van der Waals surface area contributed by atoms with Crippen LogP contribution in [0.25, 0.3) is 21.9 Å². The predicted molar refractivity (Wildman–Crippen MR) is 63.2 cm³/mol. The Bertz CT molecular complexity index is 636. The standard InChI is InChI=1S/C12H13N3O/c1-8(13)7-15-12-9(6-14-15)2-3-11-10(12)4-5-16-11/h2-6,8H,7,13H2,1H3/t8-/m1/s1.